The second-order valence-electron chi connectivity index (χ2n) is 8.41. The van der Waals surface area contributed by atoms with Crippen molar-refractivity contribution in [3.63, 3.8) is 0 Å². The number of pyridine rings is 1. The van der Waals surface area contributed by atoms with Gasteiger partial charge in [0, 0.05) is 51.2 Å². The molecule has 0 bridgehead atoms. The topological polar surface area (TPSA) is 52.9 Å². The molecule has 3 fully saturated rings. The van der Waals surface area contributed by atoms with Crippen LogP contribution in [0.25, 0.3) is 5.65 Å². The van der Waals surface area contributed by atoms with E-state index in [1.54, 1.807) is 0 Å². The highest BCUT2D eigenvalue weighted by Gasteiger charge is 2.40. The fraction of sp³-hybridized carbons (Fsp3) is 0.619. The molecule has 8 heteroatoms. The Kier molecular flexibility index (Phi) is 7.43. The van der Waals surface area contributed by atoms with Crippen LogP contribution in [0.2, 0.25) is 0 Å². The lowest BCUT2D eigenvalue weighted by atomic mass is 9.85. The molecule has 6 nitrogen and oxygen atoms in total. The molecule has 2 saturated heterocycles. The van der Waals surface area contributed by atoms with Crippen molar-refractivity contribution < 1.29 is 4.79 Å². The highest BCUT2D eigenvalue weighted by molar-refractivity contribution is 5.85. The second-order valence-corrected chi connectivity index (χ2v) is 8.41. The number of halogens is 2. The summed E-state index contributed by atoms with van der Waals surface area (Å²) in [5, 5.41) is 3.64. The van der Waals surface area contributed by atoms with E-state index in [0.717, 1.165) is 56.4 Å². The van der Waals surface area contributed by atoms with Gasteiger partial charge in [-0.05, 0) is 37.3 Å². The monoisotopic (exact) mass is 439 g/mol. The molecule has 29 heavy (non-hydrogen) atoms. The molecule has 0 spiro atoms. The summed E-state index contributed by atoms with van der Waals surface area (Å²) in [5.74, 6) is 1.06. The van der Waals surface area contributed by atoms with E-state index in [0.29, 0.717) is 11.9 Å². The summed E-state index contributed by atoms with van der Waals surface area (Å²) in [4.78, 5) is 22.1. The summed E-state index contributed by atoms with van der Waals surface area (Å²) in [6, 6.07) is 6.72. The fourth-order valence-corrected chi connectivity index (χ4v) is 5.15. The number of hydrogen-bond donors (Lipinski definition) is 1. The summed E-state index contributed by atoms with van der Waals surface area (Å²) in [7, 11) is 0. The number of fused-ring (bicyclic) bond motifs is 2. The smallest absolute Gasteiger partial charge is 0.239 e. The van der Waals surface area contributed by atoms with E-state index in [4.69, 9.17) is 4.98 Å². The molecule has 1 aliphatic carbocycles. The largest absolute Gasteiger partial charge is 0.339 e. The molecule has 160 valence electrons. The molecule has 3 aliphatic rings. The average Bonchev–Trinajstić information content (AvgIpc) is 3.31. The maximum absolute atomic E-state index is 13.0. The number of imidazole rings is 1. The Hall–Kier alpha value is -1.34. The third kappa shape index (κ3) is 4.71. The molecule has 1 saturated carbocycles. The number of rotatable bonds is 3. The number of nitrogens with zero attached hydrogens (tertiary/aromatic N) is 4. The highest BCUT2D eigenvalue weighted by atomic mass is 35.5. The molecular formula is C21H31Cl2N5O. The maximum atomic E-state index is 13.0. The van der Waals surface area contributed by atoms with Gasteiger partial charge in [0.1, 0.15) is 5.65 Å². The van der Waals surface area contributed by atoms with Gasteiger partial charge in [0.2, 0.25) is 5.91 Å². The standard InChI is InChI=1S/C21H29N5O.2ClH/c27-21(19-13-16-5-1-2-6-18(16)23-19)25-11-9-24(10-12-25)14-17-15-26-8-4-3-7-20(26)22-17;;/h3-4,7-8,15-16,18-19,23H,1-2,5-6,9-14H2;2*1H. The van der Waals surface area contributed by atoms with Gasteiger partial charge >= 0.3 is 0 Å². The van der Waals surface area contributed by atoms with Gasteiger partial charge in [-0.3, -0.25) is 9.69 Å². The minimum atomic E-state index is 0. The van der Waals surface area contributed by atoms with Crippen LogP contribution in [0.15, 0.2) is 30.6 Å². The molecule has 5 rings (SSSR count). The fourth-order valence-electron chi connectivity index (χ4n) is 5.15. The first-order chi connectivity index (χ1) is 13.3. The number of amides is 1. The van der Waals surface area contributed by atoms with E-state index < -0.39 is 0 Å². The molecule has 2 aliphatic heterocycles. The Bertz CT molecular complexity index is 773. The Morgan fingerprint density at radius 2 is 1.90 bits per heavy atom. The van der Waals surface area contributed by atoms with Crippen LogP contribution in [0, 0.1) is 5.92 Å². The summed E-state index contributed by atoms with van der Waals surface area (Å²) in [6.45, 7) is 4.38. The molecule has 3 unspecified atom stereocenters. The van der Waals surface area contributed by atoms with Crippen molar-refractivity contribution in [3.8, 4) is 0 Å². The number of aromatic nitrogens is 2. The Morgan fingerprint density at radius 3 is 2.66 bits per heavy atom. The van der Waals surface area contributed by atoms with Crippen molar-refractivity contribution in [1.29, 1.82) is 0 Å². The van der Waals surface area contributed by atoms with Crippen LogP contribution < -0.4 is 5.32 Å². The van der Waals surface area contributed by atoms with Crippen LogP contribution in [-0.2, 0) is 11.3 Å². The van der Waals surface area contributed by atoms with Gasteiger partial charge in [-0.15, -0.1) is 24.8 Å². The minimum Gasteiger partial charge on any atom is -0.339 e. The van der Waals surface area contributed by atoms with Crippen LogP contribution in [0.1, 0.15) is 37.8 Å². The zero-order valence-electron chi connectivity index (χ0n) is 16.7. The second kappa shape index (κ2) is 9.65. The van der Waals surface area contributed by atoms with Crippen LogP contribution in [0.4, 0.5) is 0 Å². The number of carbonyl (C=O) groups is 1. The van der Waals surface area contributed by atoms with E-state index >= 15 is 0 Å². The number of nitrogens with one attached hydrogen (secondary N) is 1. The van der Waals surface area contributed by atoms with Crippen LogP contribution in [0.3, 0.4) is 0 Å². The van der Waals surface area contributed by atoms with E-state index in [9.17, 15) is 4.79 Å². The molecule has 2 aromatic rings. The van der Waals surface area contributed by atoms with Gasteiger partial charge in [0.25, 0.3) is 0 Å². The molecule has 0 aromatic carbocycles. The molecule has 1 N–H and O–H groups in total. The van der Waals surface area contributed by atoms with Crippen molar-refractivity contribution in [1.82, 2.24) is 24.5 Å². The molecule has 4 heterocycles. The first-order valence-electron chi connectivity index (χ1n) is 10.5. The predicted molar refractivity (Wildman–Crippen MR) is 119 cm³/mol. The molecular weight excluding hydrogens is 409 g/mol. The zero-order chi connectivity index (χ0) is 18.2. The van der Waals surface area contributed by atoms with Crippen molar-refractivity contribution in [3.05, 3.63) is 36.3 Å². The van der Waals surface area contributed by atoms with Gasteiger partial charge in [-0.25, -0.2) is 4.98 Å². The first kappa shape index (κ1) is 22.3. The highest BCUT2D eigenvalue weighted by Crippen LogP contribution is 2.33. The van der Waals surface area contributed by atoms with Gasteiger partial charge in [-0.2, -0.15) is 0 Å². The maximum Gasteiger partial charge on any atom is 0.239 e. The Morgan fingerprint density at radius 1 is 1.10 bits per heavy atom. The van der Waals surface area contributed by atoms with Crippen molar-refractivity contribution in [2.45, 2.75) is 50.7 Å². The van der Waals surface area contributed by atoms with Gasteiger partial charge in [0.15, 0.2) is 0 Å². The number of hydrogen-bond acceptors (Lipinski definition) is 4. The van der Waals surface area contributed by atoms with Gasteiger partial charge < -0.3 is 14.6 Å². The summed E-state index contributed by atoms with van der Waals surface area (Å²) >= 11 is 0. The lowest BCUT2D eigenvalue weighted by molar-refractivity contribution is -0.135. The SMILES string of the molecule is Cl.Cl.O=C(C1CC2CCCCC2N1)N1CCN(Cc2cn3ccccc3n2)CC1. The summed E-state index contributed by atoms with van der Waals surface area (Å²) in [6.07, 6.45) is 10.4. The molecule has 1 amide bonds. The zero-order valence-corrected chi connectivity index (χ0v) is 18.3. The normalized spacial score (nSPS) is 27.2. The van der Waals surface area contributed by atoms with E-state index in [-0.39, 0.29) is 30.9 Å². The van der Waals surface area contributed by atoms with E-state index in [1.807, 2.05) is 24.4 Å². The lowest BCUT2D eigenvalue weighted by Crippen LogP contribution is -2.53. The van der Waals surface area contributed by atoms with E-state index in [2.05, 4.69) is 25.7 Å². The van der Waals surface area contributed by atoms with Crippen LogP contribution >= 0.6 is 24.8 Å². The molecule has 3 atom stereocenters. The lowest BCUT2D eigenvalue weighted by Gasteiger charge is -2.35. The van der Waals surface area contributed by atoms with Crippen molar-refractivity contribution >= 4 is 36.4 Å². The quantitative estimate of drug-likeness (QED) is 0.798. The van der Waals surface area contributed by atoms with Gasteiger partial charge in [0.05, 0.1) is 11.7 Å². The molecule has 0 radical (unpaired) electrons. The summed E-state index contributed by atoms with van der Waals surface area (Å²) in [5.41, 5.74) is 2.09. The third-order valence-corrected chi connectivity index (χ3v) is 6.64. The Labute approximate surface area is 184 Å². The minimum absolute atomic E-state index is 0. The number of piperazine rings is 1. The van der Waals surface area contributed by atoms with Gasteiger partial charge in [-0.1, -0.05) is 18.9 Å². The van der Waals surface area contributed by atoms with Crippen LogP contribution in [0.5, 0.6) is 0 Å². The van der Waals surface area contributed by atoms with Crippen LogP contribution in [-0.4, -0.2) is 63.4 Å². The predicted octanol–water partition coefficient (Wildman–Crippen LogP) is 2.74. The first-order valence-corrected chi connectivity index (χ1v) is 10.5. The van der Waals surface area contributed by atoms with E-state index in [1.165, 1.54) is 25.7 Å². The van der Waals surface area contributed by atoms with Crippen molar-refractivity contribution in [2.24, 2.45) is 5.92 Å². The summed E-state index contributed by atoms with van der Waals surface area (Å²) < 4.78 is 2.07. The average molecular weight is 440 g/mol. The number of carbonyl (C=O) groups excluding carboxylic acids is 1. The Balaban J connectivity index is 0.00000120. The molecule has 2 aromatic heterocycles. The van der Waals surface area contributed by atoms with Crippen molar-refractivity contribution in [2.75, 3.05) is 26.2 Å². The third-order valence-electron chi connectivity index (χ3n) is 6.64.